The third kappa shape index (κ3) is 3.94. The van der Waals surface area contributed by atoms with Crippen molar-refractivity contribution < 1.29 is 18.8 Å². The second-order valence-electron chi connectivity index (χ2n) is 3.89. The SMILES string of the molecule is COC(=O)c1coc(CNOCc2ccccc2)c1. The van der Waals surface area contributed by atoms with Crippen LogP contribution in [0.5, 0.6) is 0 Å². The molecule has 0 unspecified atom stereocenters. The van der Waals surface area contributed by atoms with Crippen LogP contribution in [0.4, 0.5) is 0 Å². The summed E-state index contributed by atoms with van der Waals surface area (Å²) >= 11 is 0. The molecule has 0 aliphatic rings. The first kappa shape index (κ1) is 13.3. The number of methoxy groups -OCH3 is 1. The van der Waals surface area contributed by atoms with E-state index in [4.69, 9.17) is 9.25 Å². The second-order valence-corrected chi connectivity index (χ2v) is 3.89. The highest BCUT2D eigenvalue weighted by atomic mass is 16.6. The third-order valence-corrected chi connectivity index (χ3v) is 2.50. The molecule has 0 radical (unpaired) electrons. The number of nitrogens with one attached hydrogen (secondary N) is 1. The van der Waals surface area contributed by atoms with Gasteiger partial charge in [-0.1, -0.05) is 30.3 Å². The van der Waals surface area contributed by atoms with E-state index in [-0.39, 0.29) is 0 Å². The molecule has 19 heavy (non-hydrogen) atoms. The van der Waals surface area contributed by atoms with Crippen LogP contribution in [-0.4, -0.2) is 13.1 Å². The molecule has 0 atom stereocenters. The molecule has 1 heterocycles. The fourth-order valence-corrected chi connectivity index (χ4v) is 1.53. The van der Waals surface area contributed by atoms with Gasteiger partial charge >= 0.3 is 5.97 Å². The first-order chi connectivity index (χ1) is 9.29. The van der Waals surface area contributed by atoms with Crippen LogP contribution in [0.1, 0.15) is 21.7 Å². The first-order valence-electron chi connectivity index (χ1n) is 5.84. The van der Waals surface area contributed by atoms with Crippen LogP contribution in [0.3, 0.4) is 0 Å². The van der Waals surface area contributed by atoms with Crippen molar-refractivity contribution in [3.63, 3.8) is 0 Å². The minimum absolute atomic E-state index is 0.379. The molecule has 0 amide bonds. The zero-order valence-electron chi connectivity index (χ0n) is 10.6. The van der Waals surface area contributed by atoms with E-state index in [1.54, 1.807) is 6.07 Å². The van der Waals surface area contributed by atoms with Gasteiger partial charge in [-0.2, -0.15) is 5.48 Å². The number of hydrogen-bond acceptors (Lipinski definition) is 5. The lowest BCUT2D eigenvalue weighted by atomic mass is 10.2. The van der Waals surface area contributed by atoms with Crippen molar-refractivity contribution in [3.05, 3.63) is 59.5 Å². The van der Waals surface area contributed by atoms with Gasteiger partial charge in [-0.15, -0.1) is 0 Å². The average Bonchev–Trinajstić information content (AvgIpc) is 2.93. The molecule has 0 saturated carbocycles. The van der Waals surface area contributed by atoms with Gasteiger partial charge in [0.15, 0.2) is 0 Å². The first-order valence-corrected chi connectivity index (χ1v) is 5.84. The molecule has 0 aliphatic carbocycles. The Bertz CT molecular complexity index is 521. The summed E-state index contributed by atoms with van der Waals surface area (Å²) in [5.74, 6) is 0.189. The molecule has 5 nitrogen and oxygen atoms in total. The Hall–Kier alpha value is -2.11. The molecule has 2 aromatic rings. The molecule has 0 fully saturated rings. The van der Waals surface area contributed by atoms with Crippen molar-refractivity contribution in [2.24, 2.45) is 0 Å². The lowest BCUT2D eigenvalue weighted by Gasteiger charge is -2.03. The molecular weight excluding hydrogens is 246 g/mol. The number of rotatable bonds is 6. The molecule has 1 N–H and O–H groups in total. The topological polar surface area (TPSA) is 60.7 Å². The van der Waals surface area contributed by atoms with Crippen molar-refractivity contribution in [2.45, 2.75) is 13.2 Å². The van der Waals surface area contributed by atoms with Crippen LogP contribution in [0.15, 0.2) is 47.1 Å². The van der Waals surface area contributed by atoms with Crippen LogP contribution in [0.25, 0.3) is 0 Å². The molecule has 0 bridgehead atoms. The number of ether oxygens (including phenoxy) is 1. The smallest absolute Gasteiger partial charge is 0.341 e. The van der Waals surface area contributed by atoms with Crippen LogP contribution in [0.2, 0.25) is 0 Å². The maximum absolute atomic E-state index is 11.2. The lowest BCUT2D eigenvalue weighted by Crippen LogP contribution is -2.13. The van der Waals surface area contributed by atoms with Gasteiger partial charge in [0.05, 0.1) is 25.8 Å². The Morgan fingerprint density at radius 2 is 2.11 bits per heavy atom. The van der Waals surface area contributed by atoms with Crippen molar-refractivity contribution in [1.29, 1.82) is 0 Å². The molecule has 0 aliphatic heterocycles. The minimum atomic E-state index is -0.416. The van der Waals surface area contributed by atoms with Crippen molar-refractivity contribution >= 4 is 5.97 Å². The number of benzene rings is 1. The summed E-state index contributed by atoms with van der Waals surface area (Å²) in [4.78, 5) is 16.5. The molecule has 1 aromatic carbocycles. The van der Waals surface area contributed by atoms with Gasteiger partial charge in [-0.05, 0) is 11.6 Å². The standard InChI is InChI=1S/C14H15NO4/c1-17-14(16)12-7-13(18-10-12)8-15-19-9-11-5-3-2-4-6-11/h2-7,10,15H,8-9H2,1H3. The molecule has 1 aromatic heterocycles. The number of carbonyl (C=O) groups excluding carboxylic acids is 1. The maximum atomic E-state index is 11.2. The van der Waals surface area contributed by atoms with Gasteiger partial charge in [0.1, 0.15) is 12.0 Å². The number of furan rings is 1. The van der Waals surface area contributed by atoms with E-state index in [1.807, 2.05) is 30.3 Å². The molecule has 5 heteroatoms. The van der Waals surface area contributed by atoms with E-state index in [0.717, 1.165) is 5.56 Å². The van der Waals surface area contributed by atoms with E-state index in [9.17, 15) is 4.79 Å². The van der Waals surface area contributed by atoms with Gasteiger partial charge in [0, 0.05) is 0 Å². The highest BCUT2D eigenvalue weighted by molar-refractivity contribution is 5.88. The summed E-state index contributed by atoms with van der Waals surface area (Å²) < 4.78 is 9.78. The Labute approximate surface area is 111 Å². The highest BCUT2D eigenvalue weighted by Crippen LogP contribution is 2.09. The molecular formula is C14H15NO4. The van der Waals surface area contributed by atoms with E-state index >= 15 is 0 Å². The molecule has 0 spiro atoms. The Kier molecular flexibility index (Phi) is 4.72. The molecule has 100 valence electrons. The summed E-state index contributed by atoms with van der Waals surface area (Å²) in [5.41, 5.74) is 4.24. The Morgan fingerprint density at radius 3 is 2.84 bits per heavy atom. The highest BCUT2D eigenvalue weighted by Gasteiger charge is 2.09. The van der Waals surface area contributed by atoms with Crippen LogP contribution in [0, 0.1) is 0 Å². The predicted molar refractivity (Wildman–Crippen MR) is 68.1 cm³/mol. The van der Waals surface area contributed by atoms with E-state index in [0.29, 0.717) is 24.5 Å². The quantitative estimate of drug-likeness (QED) is 0.491. The van der Waals surface area contributed by atoms with Gasteiger partial charge in [0.25, 0.3) is 0 Å². The van der Waals surface area contributed by atoms with Gasteiger partial charge < -0.3 is 9.15 Å². The average molecular weight is 261 g/mol. The van der Waals surface area contributed by atoms with Crippen molar-refractivity contribution in [2.75, 3.05) is 7.11 Å². The zero-order chi connectivity index (χ0) is 13.5. The number of esters is 1. The molecule has 0 saturated heterocycles. The van der Waals surface area contributed by atoms with Crippen LogP contribution >= 0.6 is 0 Å². The number of hydrogen-bond donors (Lipinski definition) is 1. The second kappa shape index (κ2) is 6.72. The van der Waals surface area contributed by atoms with Gasteiger partial charge in [-0.3, -0.25) is 4.84 Å². The maximum Gasteiger partial charge on any atom is 0.341 e. The van der Waals surface area contributed by atoms with Crippen molar-refractivity contribution in [1.82, 2.24) is 5.48 Å². The van der Waals surface area contributed by atoms with E-state index < -0.39 is 5.97 Å². The Morgan fingerprint density at radius 1 is 1.32 bits per heavy atom. The van der Waals surface area contributed by atoms with Crippen LogP contribution in [-0.2, 0) is 22.7 Å². The van der Waals surface area contributed by atoms with E-state index in [1.165, 1.54) is 13.4 Å². The Balaban J connectivity index is 1.74. The fourth-order valence-electron chi connectivity index (χ4n) is 1.53. The minimum Gasteiger partial charge on any atom is -0.467 e. The summed E-state index contributed by atoms with van der Waals surface area (Å²) in [6.45, 7) is 0.842. The zero-order valence-corrected chi connectivity index (χ0v) is 10.6. The van der Waals surface area contributed by atoms with Gasteiger partial charge in [0.2, 0.25) is 0 Å². The fraction of sp³-hybridized carbons (Fsp3) is 0.214. The predicted octanol–water partition coefficient (Wildman–Crippen LogP) is 2.29. The van der Waals surface area contributed by atoms with E-state index in [2.05, 4.69) is 10.2 Å². The largest absolute Gasteiger partial charge is 0.467 e. The van der Waals surface area contributed by atoms with Crippen LogP contribution < -0.4 is 5.48 Å². The van der Waals surface area contributed by atoms with Gasteiger partial charge in [-0.25, -0.2) is 4.79 Å². The summed E-state index contributed by atoms with van der Waals surface area (Å²) in [5, 5.41) is 0. The summed E-state index contributed by atoms with van der Waals surface area (Å²) in [6, 6.07) is 11.4. The number of carbonyl (C=O) groups is 1. The number of hydroxylamine groups is 1. The monoisotopic (exact) mass is 261 g/mol. The normalized spacial score (nSPS) is 10.4. The molecule has 2 rings (SSSR count). The summed E-state index contributed by atoms with van der Waals surface area (Å²) in [7, 11) is 1.33. The summed E-state index contributed by atoms with van der Waals surface area (Å²) in [6.07, 6.45) is 1.36. The third-order valence-electron chi connectivity index (χ3n) is 2.50. The van der Waals surface area contributed by atoms with Crippen molar-refractivity contribution in [3.8, 4) is 0 Å². The lowest BCUT2D eigenvalue weighted by molar-refractivity contribution is 0.0202.